The summed E-state index contributed by atoms with van der Waals surface area (Å²) < 4.78 is 11.2. The van der Waals surface area contributed by atoms with Gasteiger partial charge in [-0.2, -0.15) is 0 Å². The van der Waals surface area contributed by atoms with Crippen LogP contribution in [0.4, 0.5) is 0 Å². The zero-order chi connectivity index (χ0) is 15.1. The SMILES string of the molecule is COc1ccc2cc(OCCCCCCBr)ccc2c1C. The highest BCUT2D eigenvalue weighted by molar-refractivity contribution is 9.09. The van der Waals surface area contributed by atoms with E-state index in [0.29, 0.717) is 0 Å². The van der Waals surface area contributed by atoms with Crippen LogP contribution in [0.3, 0.4) is 0 Å². The highest BCUT2D eigenvalue weighted by Gasteiger charge is 2.05. The van der Waals surface area contributed by atoms with Gasteiger partial charge in [-0.1, -0.05) is 40.9 Å². The summed E-state index contributed by atoms with van der Waals surface area (Å²) in [6.45, 7) is 2.88. The second kappa shape index (κ2) is 8.28. The summed E-state index contributed by atoms with van der Waals surface area (Å²) in [5.74, 6) is 1.88. The number of ether oxygens (including phenoxy) is 2. The minimum Gasteiger partial charge on any atom is -0.496 e. The highest BCUT2D eigenvalue weighted by Crippen LogP contribution is 2.29. The molecule has 0 radical (unpaired) electrons. The lowest BCUT2D eigenvalue weighted by molar-refractivity contribution is 0.305. The van der Waals surface area contributed by atoms with Gasteiger partial charge in [0.05, 0.1) is 13.7 Å². The minimum absolute atomic E-state index is 0.795. The standard InChI is InChI=1S/C18H23BrO2/c1-14-17-9-8-16(21-12-6-4-3-5-11-19)13-15(17)7-10-18(14)20-2/h7-10,13H,3-6,11-12H2,1-2H3. The number of unbranched alkanes of at least 4 members (excludes halogenated alkanes) is 3. The van der Waals surface area contributed by atoms with Crippen molar-refractivity contribution in [1.29, 1.82) is 0 Å². The largest absolute Gasteiger partial charge is 0.496 e. The van der Waals surface area contributed by atoms with Crippen LogP contribution in [-0.2, 0) is 0 Å². The zero-order valence-corrected chi connectivity index (χ0v) is 14.4. The van der Waals surface area contributed by atoms with Gasteiger partial charge in [0.15, 0.2) is 0 Å². The number of benzene rings is 2. The van der Waals surface area contributed by atoms with E-state index in [0.717, 1.165) is 29.9 Å². The molecule has 0 aliphatic rings. The zero-order valence-electron chi connectivity index (χ0n) is 12.8. The molecule has 0 spiro atoms. The van der Waals surface area contributed by atoms with Crippen LogP contribution < -0.4 is 9.47 Å². The third-order valence-electron chi connectivity index (χ3n) is 3.73. The Kier molecular flexibility index (Phi) is 6.37. The molecule has 0 saturated carbocycles. The van der Waals surface area contributed by atoms with Gasteiger partial charge in [0, 0.05) is 5.33 Å². The Balaban J connectivity index is 1.96. The van der Waals surface area contributed by atoms with Gasteiger partial charge in [-0.25, -0.2) is 0 Å². The quantitative estimate of drug-likeness (QED) is 0.462. The molecule has 0 bridgehead atoms. The number of fused-ring (bicyclic) bond motifs is 1. The number of rotatable bonds is 8. The van der Waals surface area contributed by atoms with E-state index >= 15 is 0 Å². The van der Waals surface area contributed by atoms with E-state index in [1.54, 1.807) is 7.11 Å². The van der Waals surface area contributed by atoms with Crippen LogP contribution in [0.5, 0.6) is 11.5 Å². The van der Waals surface area contributed by atoms with Crippen LogP contribution in [0.2, 0.25) is 0 Å². The summed E-state index contributed by atoms with van der Waals surface area (Å²) in [7, 11) is 1.71. The number of alkyl halides is 1. The summed E-state index contributed by atoms with van der Waals surface area (Å²) in [5, 5.41) is 3.52. The van der Waals surface area contributed by atoms with Crippen LogP contribution in [0.1, 0.15) is 31.2 Å². The molecule has 0 aromatic heterocycles. The monoisotopic (exact) mass is 350 g/mol. The first-order chi connectivity index (χ1) is 10.3. The Hall–Kier alpha value is -1.22. The first kappa shape index (κ1) is 16.2. The van der Waals surface area contributed by atoms with Crippen molar-refractivity contribution < 1.29 is 9.47 Å². The van der Waals surface area contributed by atoms with Crippen molar-refractivity contribution >= 4 is 26.7 Å². The molecule has 2 aromatic carbocycles. The molecule has 0 amide bonds. The fraction of sp³-hybridized carbons (Fsp3) is 0.444. The molecule has 0 aliphatic carbocycles. The van der Waals surface area contributed by atoms with E-state index in [4.69, 9.17) is 9.47 Å². The number of methoxy groups -OCH3 is 1. The maximum atomic E-state index is 5.85. The molecule has 2 aromatic rings. The summed E-state index contributed by atoms with van der Waals surface area (Å²) in [6.07, 6.45) is 4.87. The van der Waals surface area contributed by atoms with E-state index in [1.807, 2.05) is 12.1 Å². The molecule has 3 heteroatoms. The molecule has 114 valence electrons. The van der Waals surface area contributed by atoms with Crippen molar-refractivity contribution in [2.75, 3.05) is 19.0 Å². The van der Waals surface area contributed by atoms with Crippen molar-refractivity contribution in [1.82, 2.24) is 0 Å². The van der Waals surface area contributed by atoms with Crippen LogP contribution in [-0.4, -0.2) is 19.0 Å². The van der Waals surface area contributed by atoms with Crippen LogP contribution >= 0.6 is 15.9 Å². The molecule has 2 rings (SSSR count). The van der Waals surface area contributed by atoms with Gasteiger partial charge < -0.3 is 9.47 Å². The number of hydrogen-bond acceptors (Lipinski definition) is 2. The van der Waals surface area contributed by atoms with Gasteiger partial charge in [0.25, 0.3) is 0 Å². The van der Waals surface area contributed by atoms with Gasteiger partial charge in [-0.3, -0.25) is 0 Å². The average molecular weight is 351 g/mol. The minimum atomic E-state index is 0.795. The smallest absolute Gasteiger partial charge is 0.122 e. The van der Waals surface area contributed by atoms with Gasteiger partial charge in [0.1, 0.15) is 11.5 Å². The predicted octanol–water partition coefficient (Wildman–Crippen LogP) is 5.49. The molecule has 0 unspecified atom stereocenters. The Labute approximate surface area is 135 Å². The normalized spacial score (nSPS) is 10.8. The van der Waals surface area contributed by atoms with E-state index < -0.39 is 0 Å². The summed E-state index contributed by atoms with van der Waals surface area (Å²) >= 11 is 3.45. The fourth-order valence-corrected chi connectivity index (χ4v) is 2.89. The lowest BCUT2D eigenvalue weighted by atomic mass is 10.0. The molecule has 0 atom stereocenters. The van der Waals surface area contributed by atoms with Crippen LogP contribution in [0.25, 0.3) is 10.8 Å². The summed E-state index contributed by atoms with van der Waals surface area (Å²) in [6, 6.07) is 10.4. The molecule has 0 fully saturated rings. The van der Waals surface area contributed by atoms with Gasteiger partial charge >= 0.3 is 0 Å². The van der Waals surface area contributed by atoms with E-state index in [9.17, 15) is 0 Å². The van der Waals surface area contributed by atoms with Crippen molar-refractivity contribution in [2.24, 2.45) is 0 Å². The molecule has 0 heterocycles. The van der Waals surface area contributed by atoms with Crippen molar-refractivity contribution in [3.63, 3.8) is 0 Å². The second-order valence-electron chi connectivity index (χ2n) is 5.23. The van der Waals surface area contributed by atoms with Crippen molar-refractivity contribution in [3.8, 4) is 11.5 Å². The Morgan fingerprint density at radius 2 is 1.81 bits per heavy atom. The lowest BCUT2D eigenvalue weighted by Gasteiger charge is -2.10. The molecule has 21 heavy (non-hydrogen) atoms. The Morgan fingerprint density at radius 3 is 2.57 bits per heavy atom. The van der Waals surface area contributed by atoms with E-state index in [-0.39, 0.29) is 0 Å². The first-order valence-corrected chi connectivity index (χ1v) is 8.64. The Bertz CT molecular complexity index is 581. The third kappa shape index (κ3) is 4.37. The van der Waals surface area contributed by atoms with Gasteiger partial charge in [-0.15, -0.1) is 0 Å². The lowest BCUT2D eigenvalue weighted by Crippen LogP contribution is -1.97. The molecular formula is C18H23BrO2. The molecule has 0 aliphatic heterocycles. The van der Waals surface area contributed by atoms with Crippen LogP contribution in [0, 0.1) is 6.92 Å². The first-order valence-electron chi connectivity index (χ1n) is 7.52. The topological polar surface area (TPSA) is 18.5 Å². The maximum Gasteiger partial charge on any atom is 0.122 e. The Morgan fingerprint density at radius 1 is 1.00 bits per heavy atom. The highest BCUT2D eigenvalue weighted by atomic mass is 79.9. The molecule has 0 N–H and O–H groups in total. The maximum absolute atomic E-state index is 5.85. The third-order valence-corrected chi connectivity index (χ3v) is 4.29. The van der Waals surface area contributed by atoms with Crippen molar-refractivity contribution in [2.45, 2.75) is 32.6 Å². The molecular weight excluding hydrogens is 328 g/mol. The molecule has 2 nitrogen and oxygen atoms in total. The second-order valence-corrected chi connectivity index (χ2v) is 6.02. The predicted molar refractivity (Wildman–Crippen MR) is 93.0 cm³/mol. The summed E-state index contributed by atoms with van der Waals surface area (Å²) in [5.41, 5.74) is 1.18. The number of aryl methyl sites for hydroxylation is 1. The van der Waals surface area contributed by atoms with E-state index in [2.05, 4.69) is 41.1 Å². The molecule has 0 saturated heterocycles. The number of hydrogen-bond donors (Lipinski definition) is 0. The van der Waals surface area contributed by atoms with Gasteiger partial charge in [0.2, 0.25) is 0 Å². The fourth-order valence-electron chi connectivity index (χ4n) is 2.49. The van der Waals surface area contributed by atoms with Crippen LogP contribution in [0.15, 0.2) is 30.3 Å². The number of halogens is 1. The van der Waals surface area contributed by atoms with Crippen molar-refractivity contribution in [3.05, 3.63) is 35.9 Å². The summed E-state index contributed by atoms with van der Waals surface area (Å²) in [4.78, 5) is 0. The van der Waals surface area contributed by atoms with E-state index in [1.165, 1.54) is 35.6 Å². The average Bonchev–Trinajstić information content (AvgIpc) is 2.51. The van der Waals surface area contributed by atoms with Gasteiger partial charge in [-0.05, 0) is 54.3 Å².